The Morgan fingerprint density at radius 3 is 1.48 bits per heavy atom. The van der Waals surface area contributed by atoms with Crippen LogP contribution in [0.4, 0.5) is 26.3 Å². The number of rotatable bonds is 10. The number of nitrogens with zero attached hydrogens (tertiary/aromatic N) is 6. The highest BCUT2D eigenvalue weighted by Gasteiger charge is 2.56. The van der Waals surface area contributed by atoms with Gasteiger partial charge in [0.1, 0.15) is 23.0 Å². The number of alkyl halides is 6. The zero-order chi connectivity index (χ0) is 48.7. The Bertz CT molecular complexity index is 3200. The lowest BCUT2D eigenvalue weighted by atomic mass is 9.98. The zero-order valence-electron chi connectivity index (χ0n) is 36.3. The molecule has 21 heteroatoms. The van der Waals surface area contributed by atoms with Crippen molar-refractivity contribution in [3.05, 3.63) is 151 Å². The van der Waals surface area contributed by atoms with Crippen molar-refractivity contribution < 1.29 is 60.2 Å². The maximum Gasteiger partial charge on any atom is 0.448 e. The first kappa shape index (κ1) is 47.6. The normalized spacial score (nSPS) is 12.6. The fourth-order valence-corrected chi connectivity index (χ4v) is 7.70. The second kappa shape index (κ2) is 18.1. The molecule has 3 N–H and O–H groups in total. The summed E-state index contributed by atoms with van der Waals surface area (Å²) in [5.74, 6) is -2.71. The van der Waals surface area contributed by atoms with Gasteiger partial charge in [-0.3, -0.25) is 19.6 Å². The van der Waals surface area contributed by atoms with Crippen LogP contribution in [-0.4, -0.2) is 71.3 Å². The first-order valence-corrected chi connectivity index (χ1v) is 20.0. The molecule has 6 aromatic heterocycles. The zero-order valence-corrected chi connectivity index (χ0v) is 36.3. The monoisotopic (exact) mass is 934 g/mol. The standard InChI is InChI=1S/C23H20F3N3O5.C23H20F3N3O4/c1-12-20(13(2)34-28-12)16-8-14-9-17(22(31,32)23(24,25)26)21(30)29(18(14)10-19(16)33-3)11-15-6-4-5-7-27-15;1-12-20(13(2)33-28-12)16-8-14-9-17(21(30)23(24,25)26)22(31)29(18(14)10-19(16)32-3)11-15-6-4-5-7-27-15/h4-10,31-32H,11H2,1-3H3;4-10,21,30H,11H2,1-3H3. The van der Waals surface area contributed by atoms with E-state index in [4.69, 9.17) is 18.5 Å². The number of hydrogen-bond acceptors (Lipinski definition) is 13. The Morgan fingerprint density at radius 1 is 0.657 bits per heavy atom. The van der Waals surface area contributed by atoms with E-state index in [0.717, 1.165) is 21.3 Å². The molecule has 8 rings (SSSR count). The van der Waals surface area contributed by atoms with Crippen LogP contribution in [-0.2, 0) is 18.9 Å². The molecule has 15 nitrogen and oxygen atoms in total. The second-order valence-corrected chi connectivity index (χ2v) is 15.3. The molecule has 0 aliphatic rings. The maximum absolute atomic E-state index is 13.5. The fourth-order valence-electron chi connectivity index (χ4n) is 7.70. The maximum atomic E-state index is 13.5. The number of hydrogen-bond donors (Lipinski definition) is 3. The summed E-state index contributed by atoms with van der Waals surface area (Å²) in [6.45, 7) is 6.49. The number of benzene rings is 2. The number of methoxy groups -OCH3 is 2. The third-order valence-corrected chi connectivity index (χ3v) is 10.9. The number of aliphatic hydroxyl groups is 3. The summed E-state index contributed by atoms with van der Waals surface area (Å²) in [6.07, 6.45) is -10.5. The minimum absolute atomic E-state index is 0.0948. The molecule has 0 radical (unpaired) electrons. The quantitative estimate of drug-likeness (QED) is 0.0889. The van der Waals surface area contributed by atoms with Gasteiger partial charge in [-0.15, -0.1) is 0 Å². The molecule has 0 aliphatic carbocycles. The van der Waals surface area contributed by atoms with Crippen molar-refractivity contribution in [3.63, 3.8) is 0 Å². The minimum atomic E-state index is -5.51. The summed E-state index contributed by atoms with van der Waals surface area (Å²) in [5.41, 5.74) is 0.461. The summed E-state index contributed by atoms with van der Waals surface area (Å²) in [4.78, 5) is 34.6. The second-order valence-electron chi connectivity index (χ2n) is 15.3. The van der Waals surface area contributed by atoms with Crippen molar-refractivity contribution in [1.29, 1.82) is 0 Å². The van der Waals surface area contributed by atoms with Crippen LogP contribution in [0, 0.1) is 27.7 Å². The number of ether oxygens (including phenoxy) is 2. The highest BCUT2D eigenvalue weighted by atomic mass is 19.4. The number of pyridine rings is 4. The summed E-state index contributed by atoms with van der Waals surface area (Å²) < 4.78 is 104. The molecule has 2 aromatic carbocycles. The van der Waals surface area contributed by atoms with Crippen LogP contribution in [0.1, 0.15) is 51.5 Å². The van der Waals surface area contributed by atoms with E-state index in [1.165, 1.54) is 38.7 Å². The molecule has 67 heavy (non-hydrogen) atoms. The Labute approximate surface area is 375 Å². The van der Waals surface area contributed by atoms with Crippen LogP contribution in [0.15, 0.2) is 104 Å². The van der Waals surface area contributed by atoms with Gasteiger partial charge in [0.2, 0.25) is 0 Å². The molecule has 0 saturated carbocycles. The Balaban J connectivity index is 0.000000199. The summed E-state index contributed by atoms with van der Waals surface area (Å²) in [6, 6.07) is 18.0. The molecule has 0 bridgehead atoms. The first-order valence-electron chi connectivity index (χ1n) is 20.0. The van der Waals surface area contributed by atoms with E-state index in [1.54, 1.807) is 76.2 Å². The van der Waals surface area contributed by atoms with Gasteiger partial charge in [-0.1, -0.05) is 22.4 Å². The van der Waals surface area contributed by atoms with Gasteiger partial charge < -0.3 is 43.0 Å². The summed E-state index contributed by atoms with van der Waals surface area (Å²) in [7, 11) is 2.86. The van der Waals surface area contributed by atoms with Crippen molar-refractivity contribution in [3.8, 4) is 33.8 Å². The number of halogens is 6. The summed E-state index contributed by atoms with van der Waals surface area (Å²) in [5, 5.41) is 38.1. The van der Waals surface area contributed by atoms with Crippen LogP contribution in [0.25, 0.3) is 44.1 Å². The molecule has 350 valence electrons. The minimum Gasteiger partial charge on any atom is -0.496 e. The molecular formula is C46H40F6N6O9. The highest BCUT2D eigenvalue weighted by Crippen LogP contribution is 2.42. The highest BCUT2D eigenvalue weighted by molar-refractivity contribution is 5.91. The number of aryl methyl sites for hydroxylation is 4. The third kappa shape index (κ3) is 9.12. The smallest absolute Gasteiger partial charge is 0.448 e. The Morgan fingerprint density at radius 2 is 1.10 bits per heavy atom. The third-order valence-electron chi connectivity index (χ3n) is 10.9. The van der Waals surface area contributed by atoms with Gasteiger partial charge in [-0.05, 0) is 87.0 Å². The van der Waals surface area contributed by atoms with Crippen LogP contribution >= 0.6 is 0 Å². The van der Waals surface area contributed by atoms with Gasteiger partial charge >= 0.3 is 12.4 Å². The van der Waals surface area contributed by atoms with Crippen LogP contribution in [0.5, 0.6) is 11.5 Å². The van der Waals surface area contributed by atoms with E-state index in [0.29, 0.717) is 79.0 Å². The van der Waals surface area contributed by atoms with Crippen molar-refractivity contribution >= 4 is 21.8 Å². The molecular weight excluding hydrogens is 895 g/mol. The molecule has 0 saturated heterocycles. The molecule has 1 unspecified atom stereocenters. The average Bonchev–Trinajstić information content (AvgIpc) is 3.81. The SMILES string of the molecule is COc1cc2c(cc1-c1c(C)noc1C)cc(C(O)(O)C(F)(F)F)c(=O)n2Cc1ccccn1.COc1cc2c(cc1-c1c(C)noc1C)cc(C(O)C(F)(F)F)c(=O)n2Cc1ccccn1. The lowest BCUT2D eigenvalue weighted by molar-refractivity contribution is -0.358. The Kier molecular flexibility index (Phi) is 12.9. The molecule has 0 spiro atoms. The van der Waals surface area contributed by atoms with Crippen molar-refractivity contribution in [2.75, 3.05) is 14.2 Å². The molecule has 8 aromatic rings. The molecule has 0 fully saturated rings. The summed E-state index contributed by atoms with van der Waals surface area (Å²) >= 11 is 0. The van der Waals surface area contributed by atoms with Crippen LogP contribution in [0.2, 0.25) is 0 Å². The van der Waals surface area contributed by atoms with Crippen molar-refractivity contribution in [1.82, 2.24) is 29.4 Å². The predicted octanol–water partition coefficient (Wildman–Crippen LogP) is 7.75. The van der Waals surface area contributed by atoms with Gasteiger partial charge in [-0.25, -0.2) is 0 Å². The number of fused-ring (bicyclic) bond motifs is 2. The van der Waals surface area contributed by atoms with Gasteiger partial charge in [-0.2, -0.15) is 26.3 Å². The molecule has 0 aliphatic heterocycles. The lowest BCUT2D eigenvalue weighted by Crippen LogP contribution is -2.47. The molecule has 6 heterocycles. The number of aliphatic hydroxyl groups excluding tert-OH is 1. The number of aromatic nitrogens is 6. The Hall–Kier alpha value is -7.36. The van der Waals surface area contributed by atoms with Gasteiger partial charge in [0.25, 0.3) is 16.9 Å². The first-order chi connectivity index (χ1) is 31.6. The van der Waals surface area contributed by atoms with Crippen molar-refractivity contribution in [2.45, 2.75) is 65.0 Å². The van der Waals surface area contributed by atoms with E-state index >= 15 is 0 Å². The van der Waals surface area contributed by atoms with E-state index in [9.17, 15) is 51.3 Å². The fraction of sp³-hybridized carbons (Fsp3) is 0.261. The largest absolute Gasteiger partial charge is 0.496 e. The van der Waals surface area contributed by atoms with Crippen LogP contribution in [0.3, 0.4) is 0 Å². The van der Waals surface area contributed by atoms with E-state index in [-0.39, 0.29) is 24.0 Å². The molecule has 0 amide bonds. The van der Waals surface area contributed by atoms with E-state index < -0.39 is 46.5 Å². The van der Waals surface area contributed by atoms with E-state index in [1.807, 2.05) is 0 Å². The van der Waals surface area contributed by atoms with Gasteiger partial charge in [0.15, 0.2) is 6.10 Å². The van der Waals surface area contributed by atoms with Crippen molar-refractivity contribution in [2.24, 2.45) is 0 Å². The van der Waals surface area contributed by atoms with E-state index in [2.05, 4.69) is 20.3 Å². The average molecular weight is 935 g/mol. The molecule has 1 atom stereocenters. The predicted molar refractivity (Wildman–Crippen MR) is 229 cm³/mol. The topological polar surface area (TPSA) is 201 Å². The van der Waals surface area contributed by atoms with Crippen LogP contribution < -0.4 is 20.6 Å². The van der Waals surface area contributed by atoms with Gasteiger partial charge in [0.05, 0.1) is 83.4 Å². The lowest BCUT2D eigenvalue weighted by Gasteiger charge is -2.25. The van der Waals surface area contributed by atoms with Gasteiger partial charge in [0, 0.05) is 35.7 Å².